The number of hydrogen-bond donors (Lipinski definition) is 1. The molecule has 0 bridgehead atoms. The van der Waals surface area contributed by atoms with Crippen molar-refractivity contribution in [1.82, 2.24) is 0 Å². The Kier molecular flexibility index (Phi) is 6.41. The molecule has 34 heavy (non-hydrogen) atoms. The van der Waals surface area contributed by atoms with Crippen molar-refractivity contribution in [3.05, 3.63) is 95.1 Å². The number of methoxy groups -OCH3 is 1. The molecule has 174 valence electrons. The van der Waals surface area contributed by atoms with Crippen LogP contribution in [0.3, 0.4) is 0 Å². The largest absolute Gasteiger partial charge is 0.507 e. The van der Waals surface area contributed by atoms with Crippen LogP contribution in [0.5, 0.6) is 11.5 Å². The molecule has 0 spiro atoms. The molecule has 0 radical (unpaired) electrons. The summed E-state index contributed by atoms with van der Waals surface area (Å²) in [4.78, 5) is 27.9. The van der Waals surface area contributed by atoms with Crippen molar-refractivity contribution < 1.29 is 24.2 Å². The maximum atomic E-state index is 13.2. The van der Waals surface area contributed by atoms with E-state index < -0.39 is 17.7 Å². The van der Waals surface area contributed by atoms with Crippen molar-refractivity contribution in [2.75, 3.05) is 12.0 Å². The second-order valence-electron chi connectivity index (χ2n) is 8.42. The third kappa shape index (κ3) is 4.27. The predicted molar refractivity (Wildman–Crippen MR) is 131 cm³/mol. The molecule has 1 unspecified atom stereocenters. The fourth-order valence-corrected chi connectivity index (χ4v) is 4.13. The molecule has 3 aromatic rings. The fraction of sp³-hybridized carbons (Fsp3) is 0.214. The van der Waals surface area contributed by atoms with Gasteiger partial charge in [0.05, 0.1) is 24.8 Å². The van der Waals surface area contributed by atoms with Crippen LogP contribution in [0.15, 0.2) is 78.4 Å². The van der Waals surface area contributed by atoms with Crippen LogP contribution < -0.4 is 14.4 Å². The fourth-order valence-electron chi connectivity index (χ4n) is 4.13. The lowest BCUT2D eigenvalue weighted by molar-refractivity contribution is -0.132. The van der Waals surface area contributed by atoms with E-state index in [9.17, 15) is 14.7 Å². The van der Waals surface area contributed by atoms with Crippen LogP contribution in [0.4, 0.5) is 5.69 Å². The molecule has 1 N–H and O–H groups in total. The van der Waals surface area contributed by atoms with Gasteiger partial charge in [0.2, 0.25) is 0 Å². The number of rotatable bonds is 6. The summed E-state index contributed by atoms with van der Waals surface area (Å²) >= 11 is 0. The molecular weight excluding hydrogens is 430 g/mol. The average Bonchev–Trinajstić information content (AvgIpc) is 3.10. The topological polar surface area (TPSA) is 76.1 Å². The zero-order valence-corrected chi connectivity index (χ0v) is 19.6. The minimum absolute atomic E-state index is 0.00560. The van der Waals surface area contributed by atoms with Gasteiger partial charge in [-0.3, -0.25) is 14.5 Å². The minimum Gasteiger partial charge on any atom is -0.507 e. The smallest absolute Gasteiger partial charge is 0.300 e. The molecule has 6 nitrogen and oxygen atoms in total. The van der Waals surface area contributed by atoms with Crippen LogP contribution in [0.2, 0.25) is 0 Å². The van der Waals surface area contributed by atoms with Crippen LogP contribution in [0.25, 0.3) is 5.76 Å². The molecule has 1 heterocycles. The Hall–Kier alpha value is -4.06. The summed E-state index contributed by atoms with van der Waals surface area (Å²) in [5.41, 5.74) is 2.56. The number of hydrogen-bond acceptors (Lipinski definition) is 5. The van der Waals surface area contributed by atoms with Crippen molar-refractivity contribution in [3.63, 3.8) is 0 Å². The Labute approximate surface area is 199 Å². The Morgan fingerprint density at radius 3 is 2.24 bits per heavy atom. The molecular formula is C28H27NO5. The molecule has 1 fully saturated rings. The van der Waals surface area contributed by atoms with Crippen LogP contribution in [-0.4, -0.2) is 30.0 Å². The maximum absolute atomic E-state index is 13.2. The lowest BCUT2D eigenvalue weighted by Crippen LogP contribution is -2.29. The van der Waals surface area contributed by atoms with E-state index in [-0.39, 0.29) is 17.4 Å². The number of ether oxygens (including phenoxy) is 2. The van der Waals surface area contributed by atoms with Crippen LogP contribution >= 0.6 is 0 Å². The number of benzene rings is 3. The normalized spacial score (nSPS) is 17.3. The first kappa shape index (κ1) is 23.1. The highest BCUT2D eigenvalue weighted by molar-refractivity contribution is 6.51. The first-order valence-electron chi connectivity index (χ1n) is 11.1. The van der Waals surface area contributed by atoms with E-state index in [1.54, 1.807) is 49.6 Å². The van der Waals surface area contributed by atoms with E-state index in [2.05, 4.69) is 0 Å². The number of anilines is 1. The summed E-state index contributed by atoms with van der Waals surface area (Å²) in [6.07, 6.45) is 0.00560. The first-order chi connectivity index (χ1) is 16.3. The van der Waals surface area contributed by atoms with Gasteiger partial charge in [0.15, 0.2) is 0 Å². The zero-order chi connectivity index (χ0) is 24.4. The average molecular weight is 458 g/mol. The van der Waals surface area contributed by atoms with E-state index in [4.69, 9.17) is 9.47 Å². The van der Waals surface area contributed by atoms with Crippen molar-refractivity contribution in [2.45, 2.75) is 32.9 Å². The highest BCUT2D eigenvalue weighted by Gasteiger charge is 2.46. The second kappa shape index (κ2) is 9.43. The summed E-state index contributed by atoms with van der Waals surface area (Å²) < 4.78 is 11.0. The lowest BCUT2D eigenvalue weighted by Gasteiger charge is -2.25. The van der Waals surface area contributed by atoms with Gasteiger partial charge in [-0.25, -0.2) is 0 Å². The SMILES string of the molecule is COc1ccc(N2C(=O)C(=O)/C(=C(\O)c3ccc(OC(C)C)c(C)c3)C2c2ccccc2)cc1. The summed E-state index contributed by atoms with van der Waals surface area (Å²) in [6, 6.07) is 20.6. The summed E-state index contributed by atoms with van der Waals surface area (Å²) in [6.45, 7) is 5.75. The summed E-state index contributed by atoms with van der Waals surface area (Å²) in [7, 11) is 1.56. The molecule has 0 aromatic heterocycles. The van der Waals surface area contributed by atoms with Crippen molar-refractivity contribution >= 4 is 23.1 Å². The van der Waals surface area contributed by atoms with Gasteiger partial charge in [0, 0.05) is 11.3 Å². The summed E-state index contributed by atoms with van der Waals surface area (Å²) in [5.74, 6) is -0.317. The predicted octanol–water partition coefficient (Wildman–Crippen LogP) is 5.42. The van der Waals surface area contributed by atoms with Gasteiger partial charge in [-0.2, -0.15) is 0 Å². The number of ketones is 1. The van der Waals surface area contributed by atoms with Crippen molar-refractivity contribution in [3.8, 4) is 11.5 Å². The van der Waals surface area contributed by atoms with Crippen LogP contribution in [-0.2, 0) is 9.59 Å². The third-order valence-corrected chi connectivity index (χ3v) is 5.72. The van der Waals surface area contributed by atoms with Crippen molar-refractivity contribution in [2.24, 2.45) is 0 Å². The van der Waals surface area contributed by atoms with E-state index in [1.165, 1.54) is 4.90 Å². The Morgan fingerprint density at radius 2 is 1.65 bits per heavy atom. The van der Waals surface area contributed by atoms with Gasteiger partial charge in [0.1, 0.15) is 17.3 Å². The van der Waals surface area contributed by atoms with Gasteiger partial charge in [-0.1, -0.05) is 30.3 Å². The molecule has 1 aliphatic rings. The molecule has 3 aromatic carbocycles. The minimum atomic E-state index is -0.776. The molecule has 1 atom stereocenters. The van der Waals surface area contributed by atoms with Crippen molar-refractivity contribution in [1.29, 1.82) is 0 Å². The molecule has 1 amide bonds. The van der Waals surface area contributed by atoms with E-state index >= 15 is 0 Å². The standard InChI is InChI=1S/C28H27NO5/c1-17(2)34-23-15-10-20(16-18(23)3)26(30)24-25(19-8-6-5-7-9-19)29(28(32)27(24)31)21-11-13-22(33-4)14-12-21/h5-17,25,30H,1-4H3/b26-24-. The molecule has 6 heteroatoms. The number of Topliss-reactive ketones (excluding diaryl/α,β-unsaturated/α-hetero) is 1. The molecule has 1 aliphatic heterocycles. The number of carbonyl (C=O) groups is 2. The number of aliphatic hydroxyl groups excluding tert-OH is 1. The van der Waals surface area contributed by atoms with E-state index in [0.717, 1.165) is 11.1 Å². The monoisotopic (exact) mass is 457 g/mol. The van der Waals surface area contributed by atoms with Gasteiger partial charge in [-0.15, -0.1) is 0 Å². The Bertz CT molecular complexity index is 1250. The van der Waals surface area contributed by atoms with Crippen LogP contribution in [0, 0.1) is 6.92 Å². The molecule has 0 saturated carbocycles. The first-order valence-corrected chi connectivity index (χ1v) is 11.1. The lowest BCUT2D eigenvalue weighted by atomic mass is 9.94. The third-order valence-electron chi connectivity index (χ3n) is 5.72. The number of amides is 1. The second-order valence-corrected chi connectivity index (χ2v) is 8.42. The van der Waals surface area contributed by atoms with Crippen LogP contribution in [0.1, 0.15) is 36.6 Å². The van der Waals surface area contributed by atoms with E-state index in [1.807, 2.05) is 51.1 Å². The molecule has 1 saturated heterocycles. The Morgan fingerprint density at radius 1 is 0.971 bits per heavy atom. The van der Waals surface area contributed by atoms with Gasteiger partial charge >= 0.3 is 0 Å². The molecule has 0 aliphatic carbocycles. The summed E-state index contributed by atoms with van der Waals surface area (Å²) in [5, 5.41) is 11.3. The highest BCUT2D eigenvalue weighted by atomic mass is 16.5. The quantitative estimate of drug-likeness (QED) is 0.304. The van der Waals surface area contributed by atoms with Gasteiger partial charge in [-0.05, 0) is 74.4 Å². The van der Waals surface area contributed by atoms with E-state index in [0.29, 0.717) is 22.7 Å². The number of carbonyl (C=O) groups excluding carboxylic acids is 2. The zero-order valence-electron chi connectivity index (χ0n) is 19.6. The Balaban J connectivity index is 1.86. The molecule has 4 rings (SSSR count). The number of aliphatic hydroxyl groups is 1. The van der Waals surface area contributed by atoms with Gasteiger partial charge < -0.3 is 14.6 Å². The number of nitrogens with zero attached hydrogens (tertiary/aromatic N) is 1. The van der Waals surface area contributed by atoms with Gasteiger partial charge in [0.25, 0.3) is 11.7 Å². The maximum Gasteiger partial charge on any atom is 0.300 e. The highest BCUT2D eigenvalue weighted by Crippen LogP contribution is 2.42. The number of aryl methyl sites for hydroxylation is 1.